The third-order valence-electron chi connectivity index (χ3n) is 2.84. The summed E-state index contributed by atoms with van der Waals surface area (Å²) < 4.78 is 0. The first kappa shape index (κ1) is 11.7. The molecule has 0 fully saturated rings. The average Bonchev–Trinajstić information content (AvgIpc) is 2.61. The third kappa shape index (κ3) is 2.33. The van der Waals surface area contributed by atoms with Gasteiger partial charge in [0.2, 0.25) is 0 Å². The molecule has 0 saturated carbocycles. The first-order chi connectivity index (χ1) is 7.58. The zero-order valence-electron chi connectivity index (χ0n) is 9.32. The second-order valence-corrected chi connectivity index (χ2v) is 5.26. The van der Waals surface area contributed by atoms with E-state index in [4.69, 9.17) is 23.2 Å². The summed E-state index contributed by atoms with van der Waals surface area (Å²) in [4.78, 5) is -0.406. The van der Waals surface area contributed by atoms with Crippen LogP contribution in [-0.4, -0.2) is 28.6 Å². The lowest BCUT2D eigenvalue weighted by Crippen LogP contribution is -2.28. The van der Waals surface area contributed by atoms with Gasteiger partial charge in [-0.25, -0.2) is 0 Å². The number of rotatable bonds is 2. The van der Waals surface area contributed by atoms with E-state index in [2.05, 4.69) is 36.3 Å². The molecule has 0 aromatic heterocycles. The van der Waals surface area contributed by atoms with Crippen molar-refractivity contribution >= 4 is 28.9 Å². The lowest BCUT2D eigenvalue weighted by molar-refractivity contribution is 0.297. The van der Waals surface area contributed by atoms with Crippen LogP contribution in [0.3, 0.4) is 0 Å². The molecule has 16 heavy (non-hydrogen) atoms. The van der Waals surface area contributed by atoms with Gasteiger partial charge in [-0.15, -0.1) is 23.2 Å². The van der Waals surface area contributed by atoms with Gasteiger partial charge in [0, 0.05) is 13.5 Å². The largest absolute Gasteiger partial charge is 0.294 e. The number of hydrazone groups is 1. The van der Waals surface area contributed by atoms with Crippen LogP contribution < -0.4 is 0 Å². The van der Waals surface area contributed by atoms with Gasteiger partial charge >= 0.3 is 0 Å². The van der Waals surface area contributed by atoms with E-state index < -0.39 is 4.84 Å². The van der Waals surface area contributed by atoms with E-state index in [1.54, 1.807) is 0 Å². The summed E-state index contributed by atoms with van der Waals surface area (Å²) in [5, 5.41) is 6.32. The number of hydrogen-bond acceptors (Lipinski definition) is 2. The maximum atomic E-state index is 5.91. The molecule has 4 heteroatoms. The highest BCUT2D eigenvalue weighted by molar-refractivity contribution is 6.45. The highest BCUT2D eigenvalue weighted by atomic mass is 35.5. The molecule has 2 rings (SSSR count). The number of alkyl halides is 2. The second kappa shape index (κ2) is 4.64. The Hall–Kier alpha value is -0.730. The van der Waals surface area contributed by atoms with Crippen molar-refractivity contribution in [2.45, 2.75) is 24.2 Å². The van der Waals surface area contributed by atoms with E-state index in [9.17, 15) is 0 Å². The van der Waals surface area contributed by atoms with Crippen molar-refractivity contribution in [1.29, 1.82) is 0 Å². The fourth-order valence-corrected chi connectivity index (χ4v) is 2.31. The van der Waals surface area contributed by atoms with Gasteiger partial charge in [-0.1, -0.05) is 29.8 Å². The van der Waals surface area contributed by atoms with Crippen molar-refractivity contribution < 1.29 is 0 Å². The molecule has 1 heterocycles. The van der Waals surface area contributed by atoms with Crippen molar-refractivity contribution in [3.63, 3.8) is 0 Å². The molecule has 1 unspecified atom stereocenters. The van der Waals surface area contributed by atoms with E-state index in [1.165, 1.54) is 5.56 Å². The maximum Gasteiger partial charge on any atom is 0.130 e. The Labute approximate surface area is 106 Å². The summed E-state index contributed by atoms with van der Waals surface area (Å²) >= 11 is 11.8. The summed E-state index contributed by atoms with van der Waals surface area (Å²) in [6.45, 7) is 2.07. The first-order valence-corrected chi connectivity index (χ1v) is 6.10. The van der Waals surface area contributed by atoms with E-state index in [0.717, 1.165) is 17.7 Å². The molecule has 0 spiro atoms. The average molecular weight is 257 g/mol. The van der Waals surface area contributed by atoms with Crippen molar-refractivity contribution in [3.8, 4) is 0 Å². The summed E-state index contributed by atoms with van der Waals surface area (Å²) in [5.74, 6) is 0. The maximum absolute atomic E-state index is 5.91. The SMILES string of the molecule is Cc1ccc(C2=NN(C)C(C(Cl)Cl)C2)cc1. The molecule has 0 bridgehead atoms. The van der Waals surface area contributed by atoms with E-state index in [-0.39, 0.29) is 6.04 Å². The minimum absolute atomic E-state index is 0.0830. The summed E-state index contributed by atoms with van der Waals surface area (Å²) in [6.07, 6.45) is 0.803. The number of nitrogens with zero attached hydrogens (tertiary/aromatic N) is 2. The summed E-state index contributed by atoms with van der Waals surface area (Å²) in [6, 6.07) is 8.43. The Balaban J connectivity index is 2.18. The van der Waals surface area contributed by atoms with E-state index >= 15 is 0 Å². The Morgan fingerprint density at radius 1 is 1.31 bits per heavy atom. The molecular formula is C12H14Cl2N2. The first-order valence-electron chi connectivity index (χ1n) is 5.23. The van der Waals surface area contributed by atoms with Gasteiger partial charge in [0.1, 0.15) is 4.84 Å². The summed E-state index contributed by atoms with van der Waals surface area (Å²) in [5.41, 5.74) is 3.45. The predicted octanol–water partition coefficient (Wildman–Crippen LogP) is 3.21. The van der Waals surface area contributed by atoms with Crippen molar-refractivity contribution in [1.82, 2.24) is 5.01 Å². The zero-order valence-corrected chi connectivity index (χ0v) is 10.8. The van der Waals surface area contributed by atoms with Crippen LogP contribution in [0.25, 0.3) is 0 Å². The normalized spacial score (nSPS) is 20.4. The Morgan fingerprint density at radius 3 is 2.44 bits per heavy atom. The molecule has 0 saturated heterocycles. The van der Waals surface area contributed by atoms with Gasteiger partial charge in [-0.2, -0.15) is 5.10 Å². The monoisotopic (exact) mass is 256 g/mol. The van der Waals surface area contributed by atoms with Crippen LogP contribution in [0.5, 0.6) is 0 Å². The van der Waals surface area contributed by atoms with Gasteiger partial charge in [-0.3, -0.25) is 5.01 Å². The predicted molar refractivity (Wildman–Crippen MR) is 69.4 cm³/mol. The Bertz CT molecular complexity index is 398. The van der Waals surface area contributed by atoms with Crippen LogP contribution in [-0.2, 0) is 0 Å². The highest BCUT2D eigenvalue weighted by Crippen LogP contribution is 2.25. The van der Waals surface area contributed by atoms with Crippen molar-refractivity contribution in [2.75, 3.05) is 7.05 Å². The van der Waals surface area contributed by atoms with Crippen molar-refractivity contribution in [2.24, 2.45) is 5.10 Å². The van der Waals surface area contributed by atoms with Gasteiger partial charge in [-0.05, 0) is 12.5 Å². The number of halogens is 2. The quantitative estimate of drug-likeness (QED) is 0.743. The topological polar surface area (TPSA) is 15.6 Å². The fourth-order valence-electron chi connectivity index (χ4n) is 1.81. The second-order valence-electron chi connectivity index (χ2n) is 4.09. The molecular weight excluding hydrogens is 243 g/mol. The molecule has 2 nitrogen and oxygen atoms in total. The standard InChI is InChI=1S/C12H14Cl2N2/c1-8-3-5-9(6-4-8)10-7-11(12(13)14)16(2)15-10/h3-6,11-12H,7H2,1-2H3. The van der Waals surface area contributed by atoms with Gasteiger partial charge in [0.05, 0.1) is 11.8 Å². The highest BCUT2D eigenvalue weighted by Gasteiger charge is 2.29. The number of benzene rings is 1. The van der Waals surface area contributed by atoms with E-state index in [1.807, 2.05) is 12.1 Å². The number of aryl methyl sites for hydroxylation is 1. The minimum Gasteiger partial charge on any atom is -0.294 e. The molecule has 1 atom stereocenters. The molecule has 1 aliphatic rings. The molecule has 1 aromatic carbocycles. The molecule has 1 aromatic rings. The minimum atomic E-state index is -0.406. The van der Waals surface area contributed by atoms with Gasteiger partial charge < -0.3 is 0 Å². The molecule has 0 radical (unpaired) electrons. The van der Waals surface area contributed by atoms with Crippen LogP contribution >= 0.6 is 23.2 Å². The lowest BCUT2D eigenvalue weighted by Gasteiger charge is -2.18. The van der Waals surface area contributed by atoms with Crippen LogP contribution in [0.4, 0.5) is 0 Å². The molecule has 0 aliphatic carbocycles. The smallest absolute Gasteiger partial charge is 0.130 e. The van der Waals surface area contributed by atoms with E-state index in [0.29, 0.717) is 0 Å². The fraction of sp³-hybridized carbons (Fsp3) is 0.417. The molecule has 0 N–H and O–H groups in total. The van der Waals surface area contributed by atoms with Crippen LogP contribution in [0.15, 0.2) is 29.4 Å². The zero-order chi connectivity index (χ0) is 11.7. The Morgan fingerprint density at radius 2 is 1.94 bits per heavy atom. The van der Waals surface area contributed by atoms with Gasteiger partial charge in [0.15, 0.2) is 0 Å². The molecule has 86 valence electrons. The van der Waals surface area contributed by atoms with Gasteiger partial charge in [0.25, 0.3) is 0 Å². The molecule has 0 amide bonds. The Kier molecular flexibility index (Phi) is 3.41. The lowest BCUT2D eigenvalue weighted by atomic mass is 10.0. The third-order valence-corrected chi connectivity index (χ3v) is 3.42. The van der Waals surface area contributed by atoms with Crippen molar-refractivity contribution in [3.05, 3.63) is 35.4 Å². The van der Waals surface area contributed by atoms with Crippen LogP contribution in [0, 0.1) is 6.92 Å². The summed E-state index contributed by atoms with van der Waals surface area (Å²) in [7, 11) is 1.91. The molecule has 1 aliphatic heterocycles. The number of hydrogen-bond donors (Lipinski definition) is 0. The van der Waals surface area contributed by atoms with Crippen LogP contribution in [0.2, 0.25) is 0 Å². The van der Waals surface area contributed by atoms with Crippen LogP contribution in [0.1, 0.15) is 17.5 Å².